The number of halogens is 2. The van der Waals surface area contributed by atoms with Gasteiger partial charge in [0.1, 0.15) is 5.75 Å². The number of sulfone groups is 1. The van der Waals surface area contributed by atoms with Crippen molar-refractivity contribution in [2.24, 2.45) is 0 Å². The quantitative estimate of drug-likeness (QED) is 0.704. The second kappa shape index (κ2) is 6.91. The minimum Gasteiger partial charge on any atom is -0.494 e. The van der Waals surface area contributed by atoms with E-state index >= 15 is 0 Å². The molecule has 1 aromatic carbocycles. The monoisotopic (exact) mass is 396 g/mol. The first kappa shape index (κ1) is 18.7. The van der Waals surface area contributed by atoms with Crippen LogP contribution in [0, 0.1) is 11.6 Å². The Kier molecular flexibility index (Phi) is 4.79. The predicted molar refractivity (Wildman–Crippen MR) is 93.2 cm³/mol. The first-order valence-electron chi connectivity index (χ1n) is 7.54. The van der Waals surface area contributed by atoms with E-state index in [0.717, 1.165) is 6.26 Å². The molecule has 0 aliphatic heterocycles. The number of carbonyl (C=O) groups excluding carboxylic acids is 1. The van der Waals surface area contributed by atoms with Crippen LogP contribution in [-0.4, -0.2) is 48.0 Å². The Hall–Kier alpha value is -3.08. The largest absolute Gasteiger partial charge is 0.494 e. The summed E-state index contributed by atoms with van der Waals surface area (Å²) in [6.45, 7) is 0. The van der Waals surface area contributed by atoms with Crippen LogP contribution < -0.4 is 10.1 Å². The Morgan fingerprint density at radius 1 is 1.22 bits per heavy atom. The van der Waals surface area contributed by atoms with Crippen molar-refractivity contribution in [2.45, 2.75) is 0 Å². The third kappa shape index (κ3) is 4.03. The van der Waals surface area contributed by atoms with Gasteiger partial charge in [-0.3, -0.25) is 10.1 Å². The zero-order valence-electron chi connectivity index (χ0n) is 14.2. The van der Waals surface area contributed by atoms with Crippen LogP contribution in [-0.2, 0) is 14.6 Å². The molecule has 11 heteroatoms. The van der Waals surface area contributed by atoms with E-state index < -0.39 is 33.1 Å². The Morgan fingerprint density at radius 2 is 1.96 bits per heavy atom. The molecular weight excluding hydrogens is 382 g/mol. The molecule has 0 aliphatic carbocycles. The van der Waals surface area contributed by atoms with Crippen molar-refractivity contribution < 1.29 is 26.7 Å². The zero-order chi connectivity index (χ0) is 19.8. The molecule has 1 N–H and O–H groups in total. The Balaban J connectivity index is 1.93. The van der Waals surface area contributed by atoms with Gasteiger partial charge in [0.05, 0.1) is 7.11 Å². The number of anilines is 1. The van der Waals surface area contributed by atoms with Crippen LogP contribution in [0.1, 0.15) is 0 Å². The number of carbonyl (C=O) groups is 1. The highest BCUT2D eigenvalue weighted by molar-refractivity contribution is 7.91. The van der Waals surface area contributed by atoms with Crippen LogP contribution in [0.15, 0.2) is 30.5 Å². The van der Waals surface area contributed by atoms with Crippen molar-refractivity contribution in [1.82, 2.24) is 14.6 Å². The molecule has 0 atom stereocenters. The molecule has 2 aromatic heterocycles. The summed E-state index contributed by atoms with van der Waals surface area (Å²) in [5.74, 6) is -3.99. The molecule has 3 aromatic rings. The number of ether oxygens (including phenoxy) is 1. The summed E-state index contributed by atoms with van der Waals surface area (Å²) >= 11 is 0. The highest BCUT2D eigenvalue weighted by Crippen LogP contribution is 2.29. The Morgan fingerprint density at radius 3 is 2.63 bits per heavy atom. The van der Waals surface area contributed by atoms with Crippen LogP contribution in [0.5, 0.6) is 5.75 Å². The molecule has 0 spiro atoms. The maximum absolute atomic E-state index is 14.3. The summed E-state index contributed by atoms with van der Waals surface area (Å²) in [6, 6.07) is 5.67. The fourth-order valence-corrected chi connectivity index (χ4v) is 2.96. The summed E-state index contributed by atoms with van der Waals surface area (Å²) in [4.78, 5) is 15.7. The summed E-state index contributed by atoms with van der Waals surface area (Å²) in [6.07, 6.45) is 2.33. The lowest BCUT2D eigenvalue weighted by molar-refractivity contribution is -0.113. The lowest BCUT2D eigenvalue weighted by atomic mass is 10.1. The van der Waals surface area contributed by atoms with Crippen molar-refractivity contribution in [3.63, 3.8) is 0 Å². The highest BCUT2D eigenvalue weighted by Gasteiger charge is 2.17. The van der Waals surface area contributed by atoms with E-state index in [1.165, 1.54) is 42.1 Å². The normalized spacial score (nSPS) is 11.6. The topological polar surface area (TPSA) is 103 Å². The standard InChI is InChI=1S/C16H14F2N4O4S/c1-26-11-5-4-10(14(17)15(11)18)9-3-6-12-19-16(21-22(12)7-9)20-13(23)8-27(2,24)25/h3-7H,8H2,1-2H3,(H,20,21,23). The number of hydrogen-bond acceptors (Lipinski definition) is 6. The number of hydrogen-bond donors (Lipinski definition) is 1. The number of amides is 1. The molecule has 0 unspecified atom stereocenters. The van der Waals surface area contributed by atoms with Gasteiger partial charge in [-0.05, 0) is 24.3 Å². The second-order valence-corrected chi connectivity index (χ2v) is 7.86. The van der Waals surface area contributed by atoms with Gasteiger partial charge in [0, 0.05) is 23.6 Å². The van der Waals surface area contributed by atoms with Gasteiger partial charge in [-0.25, -0.2) is 17.3 Å². The minimum absolute atomic E-state index is 0.00615. The number of fused-ring (bicyclic) bond motifs is 1. The van der Waals surface area contributed by atoms with Gasteiger partial charge in [0.15, 0.2) is 27.1 Å². The molecule has 0 aliphatic rings. The van der Waals surface area contributed by atoms with Crippen molar-refractivity contribution >= 4 is 27.3 Å². The van der Waals surface area contributed by atoms with E-state index in [1.807, 2.05) is 0 Å². The molecule has 0 radical (unpaired) electrons. The molecule has 0 fully saturated rings. The SMILES string of the molecule is COc1ccc(-c2ccc3nc(NC(=O)CS(C)(=O)=O)nn3c2)c(F)c1F. The first-order valence-corrected chi connectivity index (χ1v) is 9.60. The van der Waals surface area contributed by atoms with Crippen LogP contribution in [0.25, 0.3) is 16.8 Å². The molecule has 3 rings (SSSR count). The van der Waals surface area contributed by atoms with Gasteiger partial charge >= 0.3 is 0 Å². The zero-order valence-corrected chi connectivity index (χ0v) is 15.0. The Labute approximate surface area is 152 Å². The van der Waals surface area contributed by atoms with Crippen LogP contribution in [0.4, 0.5) is 14.7 Å². The number of rotatable bonds is 5. The third-order valence-corrected chi connectivity index (χ3v) is 4.34. The van der Waals surface area contributed by atoms with E-state index in [1.54, 1.807) is 0 Å². The number of nitrogens with one attached hydrogen (secondary N) is 1. The fourth-order valence-electron chi connectivity index (χ4n) is 2.41. The maximum atomic E-state index is 14.3. The number of nitrogens with zero attached hydrogens (tertiary/aromatic N) is 3. The van der Waals surface area contributed by atoms with E-state index in [4.69, 9.17) is 4.74 Å². The van der Waals surface area contributed by atoms with E-state index in [9.17, 15) is 22.0 Å². The molecule has 1 amide bonds. The summed E-state index contributed by atoms with van der Waals surface area (Å²) < 4.78 is 56.4. The van der Waals surface area contributed by atoms with Gasteiger partial charge in [0.25, 0.3) is 0 Å². The van der Waals surface area contributed by atoms with E-state index in [0.29, 0.717) is 11.2 Å². The lowest BCUT2D eigenvalue weighted by Gasteiger charge is -2.07. The van der Waals surface area contributed by atoms with Crippen molar-refractivity contribution in [3.8, 4) is 16.9 Å². The predicted octanol–water partition coefficient (Wildman–Crippen LogP) is 1.67. The Bertz CT molecular complexity index is 1140. The van der Waals surface area contributed by atoms with Gasteiger partial charge in [0.2, 0.25) is 17.7 Å². The van der Waals surface area contributed by atoms with Crippen LogP contribution in [0.3, 0.4) is 0 Å². The summed E-state index contributed by atoms with van der Waals surface area (Å²) in [7, 11) is -2.26. The second-order valence-electron chi connectivity index (χ2n) is 5.72. The molecule has 8 nitrogen and oxygen atoms in total. The van der Waals surface area contributed by atoms with Gasteiger partial charge in [-0.2, -0.15) is 9.37 Å². The molecule has 2 heterocycles. The lowest BCUT2D eigenvalue weighted by Crippen LogP contribution is -2.22. The average molecular weight is 396 g/mol. The number of benzene rings is 1. The first-order chi connectivity index (χ1) is 12.7. The van der Waals surface area contributed by atoms with Gasteiger partial charge in [-0.15, -0.1) is 5.10 Å². The van der Waals surface area contributed by atoms with Crippen molar-refractivity contribution in [3.05, 3.63) is 42.1 Å². The van der Waals surface area contributed by atoms with Gasteiger partial charge < -0.3 is 4.74 Å². The van der Waals surface area contributed by atoms with Crippen molar-refractivity contribution in [1.29, 1.82) is 0 Å². The minimum atomic E-state index is -3.49. The van der Waals surface area contributed by atoms with Crippen LogP contribution in [0.2, 0.25) is 0 Å². The molecule has 142 valence electrons. The molecule has 27 heavy (non-hydrogen) atoms. The maximum Gasteiger partial charge on any atom is 0.249 e. The van der Waals surface area contributed by atoms with E-state index in [2.05, 4.69) is 15.4 Å². The summed E-state index contributed by atoms with van der Waals surface area (Å²) in [5, 5.41) is 6.26. The number of aromatic nitrogens is 3. The average Bonchev–Trinajstić information content (AvgIpc) is 2.96. The molecular formula is C16H14F2N4O4S. The van der Waals surface area contributed by atoms with E-state index in [-0.39, 0.29) is 17.3 Å². The molecule has 0 saturated heterocycles. The smallest absolute Gasteiger partial charge is 0.249 e. The number of pyridine rings is 1. The third-order valence-electron chi connectivity index (χ3n) is 3.55. The van der Waals surface area contributed by atoms with Crippen LogP contribution >= 0.6 is 0 Å². The van der Waals surface area contributed by atoms with Gasteiger partial charge in [-0.1, -0.05) is 0 Å². The summed E-state index contributed by atoms with van der Waals surface area (Å²) in [5.41, 5.74) is 0.636. The highest BCUT2D eigenvalue weighted by atomic mass is 32.2. The molecule has 0 bridgehead atoms. The fraction of sp³-hybridized carbons (Fsp3) is 0.188. The number of methoxy groups -OCH3 is 1. The van der Waals surface area contributed by atoms with Crippen molar-refractivity contribution in [2.75, 3.05) is 24.4 Å². The molecule has 0 saturated carbocycles.